The van der Waals surface area contributed by atoms with Crippen LogP contribution in [-0.2, 0) is 19.2 Å². The number of halogens is 3. The normalized spacial score (nSPS) is 10.9. The van der Waals surface area contributed by atoms with Crippen LogP contribution in [0.15, 0.2) is 60.7 Å². The number of methoxy groups -OCH3 is 1. The van der Waals surface area contributed by atoms with Gasteiger partial charge in [0.2, 0.25) is 11.8 Å². The maximum absolute atomic E-state index is 13.8. The predicted molar refractivity (Wildman–Crippen MR) is 134 cm³/mol. The molecule has 3 aromatic carbocycles. The largest absolute Gasteiger partial charge is 0.495 e. The lowest BCUT2D eigenvalue weighted by molar-refractivity contribution is -0.159. The Bertz CT molecular complexity index is 1340. The molecule has 0 aliphatic rings. The van der Waals surface area contributed by atoms with Crippen molar-refractivity contribution in [1.29, 1.82) is 0 Å². The minimum Gasteiger partial charge on any atom is -0.495 e. The summed E-state index contributed by atoms with van der Waals surface area (Å²) in [7, 11) is 1.48. The van der Waals surface area contributed by atoms with E-state index in [-0.39, 0.29) is 0 Å². The summed E-state index contributed by atoms with van der Waals surface area (Å²) in [6, 6.07) is 14.6. The van der Waals surface area contributed by atoms with Crippen LogP contribution in [0.2, 0.25) is 0 Å². The van der Waals surface area contributed by atoms with Gasteiger partial charge in [-0.2, -0.15) is 0 Å². The van der Waals surface area contributed by atoms with Crippen molar-refractivity contribution in [3.63, 3.8) is 0 Å². The Labute approximate surface area is 220 Å². The molecule has 1 atom stereocenters. The fourth-order valence-corrected chi connectivity index (χ4v) is 3.14. The lowest BCUT2D eigenvalue weighted by Crippen LogP contribution is -2.38. The van der Waals surface area contributed by atoms with Crippen molar-refractivity contribution >= 4 is 35.1 Å². The SMILES string of the molecule is COc1ccc(C)cc1NC(=O)C(NCC(=O)Nc1ccc(F)c(F)c1F)c1ccccc1.O=C(O)C(=O)O. The maximum atomic E-state index is 13.8. The van der Waals surface area contributed by atoms with Gasteiger partial charge in [-0.1, -0.05) is 36.4 Å². The smallest absolute Gasteiger partial charge is 0.414 e. The van der Waals surface area contributed by atoms with Gasteiger partial charge in [-0.15, -0.1) is 0 Å². The molecule has 5 N–H and O–H groups in total. The van der Waals surface area contributed by atoms with Gasteiger partial charge in [0.15, 0.2) is 17.5 Å². The van der Waals surface area contributed by atoms with Gasteiger partial charge in [0.05, 0.1) is 25.0 Å². The highest BCUT2D eigenvalue weighted by molar-refractivity contribution is 6.27. The van der Waals surface area contributed by atoms with Gasteiger partial charge in [0.1, 0.15) is 11.8 Å². The number of ether oxygens (including phenoxy) is 1. The Morgan fingerprint density at radius 3 is 2.08 bits per heavy atom. The fourth-order valence-electron chi connectivity index (χ4n) is 3.14. The van der Waals surface area contributed by atoms with Crippen molar-refractivity contribution in [3.05, 3.63) is 89.2 Å². The molecular formula is C26H24F3N3O7. The summed E-state index contributed by atoms with van der Waals surface area (Å²) in [6.07, 6.45) is 0. The lowest BCUT2D eigenvalue weighted by Gasteiger charge is -2.20. The first kappa shape index (κ1) is 30.3. The minimum absolute atomic E-state index is 0.406. The highest BCUT2D eigenvalue weighted by atomic mass is 19.2. The van der Waals surface area contributed by atoms with E-state index < -0.39 is 59.5 Å². The fraction of sp³-hybridized carbons (Fsp3) is 0.154. The van der Waals surface area contributed by atoms with E-state index in [1.165, 1.54) is 7.11 Å². The number of amides is 2. The Balaban J connectivity index is 0.000000798. The van der Waals surface area contributed by atoms with E-state index in [0.717, 1.165) is 11.6 Å². The van der Waals surface area contributed by atoms with Crippen LogP contribution in [-0.4, -0.2) is 47.6 Å². The number of carbonyl (C=O) groups excluding carboxylic acids is 2. The average molecular weight is 547 g/mol. The van der Waals surface area contributed by atoms with Crippen molar-refractivity contribution in [2.45, 2.75) is 13.0 Å². The molecule has 0 aromatic heterocycles. The standard InChI is InChI=1S/C24H22F3N3O3.C2H2O4/c1-14-8-11-19(33-2)18(12-14)30-24(32)23(15-6-4-3-5-7-15)28-13-20(31)29-17-10-9-16(25)21(26)22(17)27;3-1(4)2(5)6/h3-12,23,28H,13H2,1-2H3,(H,29,31)(H,30,32);(H,3,4)(H,5,6). The van der Waals surface area contributed by atoms with Crippen LogP contribution in [0.25, 0.3) is 0 Å². The van der Waals surface area contributed by atoms with Gasteiger partial charge in [0, 0.05) is 0 Å². The molecular weight excluding hydrogens is 523 g/mol. The third-order valence-electron chi connectivity index (χ3n) is 4.97. The Morgan fingerprint density at radius 1 is 0.846 bits per heavy atom. The van der Waals surface area contributed by atoms with Crippen LogP contribution in [0.5, 0.6) is 5.75 Å². The molecule has 0 fully saturated rings. The second-order valence-electron chi connectivity index (χ2n) is 7.80. The van der Waals surface area contributed by atoms with E-state index in [0.29, 0.717) is 23.1 Å². The van der Waals surface area contributed by atoms with Gasteiger partial charge in [0.25, 0.3) is 0 Å². The van der Waals surface area contributed by atoms with Crippen LogP contribution in [0, 0.1) is 24.4 Å². The summed E-state index contributed by atoms with van der Waals surface area (Å²) in [5.41, 5.74) is 1.43. The molecule has 0 spiro atoms. The third kappa shape index (κ3) is 8.86. The van der Waals surface area contributed by atoms with Crippen molar-refractivity contribution in [2.75, 3.05) is 24.3 Å². The van der Waals surface area contributed by atoms with E-state index in [9.17, 15) is 22.8 Å². The van der Waals surface area contributed by atoms with Crippen LogP contribution >= 0.6 is 0 Å². The molecule has 3 aromatic rings. The van der Waals surface area contributed by atoms with E-state index >= 15 is 0 Å². The molecule has 1 unspecified atom stereocenters. The van der Waals surface area contributed by atoms with Crippen molar-refractivity contribution < 1.29 is 47.3 Å². The van der Waals surface area contributed by atoms with Gasteiger partial charge in [-0.25, -0.2) is 22.8 Å². The summed E-state index contributed by atoms with van der Waals surface area (Å²) in [5, 5.41) is 22.6. The van der Waals surface area contributed by atoms with E-state index in [2.05, 4.69) is 16.0 Å². The van der Waals surface area contributed by atoms with E-state index in [1.807, 2.05) is 13.0 Å². The lowest BCUT2D eigenvalue weighted by atomic mass is 10.1. The quantitative estimate of drug-likeness (QED) is 0.212. The number of nitrogens with one attached hydrogen (secondary N) is 3. The zero-order chi connectivity index (χ0) is 29.1. The number of anilines is 2. The van der Waals surface area contributed by atoms with E-state index in [1.54, 1.807) is 42.5 Å². The number of aliphatic carboxylic acids is 2. The van der Waals surface area contributed by atoms with Crippen molar-refractivity contribution in [1.82, 2.24) is 5.32 Å². The van der Waals surface area contributed by atoms with E-state index in [4.69, 9.17) is 24.5 Å². The molecule has 0 aliphatic carbocycles. The summed E-state index contributed by atoms with van der Waals surface area (Å²) < 4.78 is 45.6. The average Bonchev–Trinajstić information content (AvgIpc) is 2.90. The topological polar surface area (TPSA) is 154 Å². The molecule has 13 heteroatoms. The number of hydrogen-bond acceptors (Lipinski definition) is 6. The number of aryl methyl sites for hydroxylation is 1. The number of carboxylic acids is 2. The predicted octanol–water partition coefficient (Wildman–Crippen LogP) is 3.48. The van der Waals surface area contributed by atoms with Crippen molar-refractivity contribution in [2.24, 2.45) is 0 Å². The Hall–Kier alpha value is -4.91. The van der Waals surface area contributed by atoms with Crippen LogP contribution in [0.1, 0.15) is 17.2 Å². The van der Waals surface area contributed by atoms with Crippen LogP contribution in [0.4, 0.5) is 24.5 Å². The van der Waals surface area contributed by atoms with Crippen molar-refractivity contribution in [3.8, 4) is 5.75 Å². The highest BCUT2D eigenvalue weighted by Crippen LogP contribution is 2.27. The van der Waals surface area contributed by atoms with Crippen LogP contribution < -0.4 is 20.7 Å². The summed E-state index contributed by atoms with van der Waals surface area (Å²) >= 11 is 0. The number of hydrogen-bond donors (Lipinski definition) is 5. The van der Waals surface area contributed by atoms with Gasteiger partial charge in [-0.3, -0.25) is 14.9 Å². The van der Waals surface area contributed by atoms with Gasteiger partial charge in [-0.05, 0) is 42.3 Å². The maximum Gasteiger partial charge on any atom is 0.414 e. The van der Waals surface area contributed by atoms with Gasteiger partial charge < -0.3 is 25.6 Å². The second-order valence-corrected chi connectivity index (χ2v) is 7.80. The molecule has 0 heterocycles. The highest BCUT2D eigenvalue weighted by Gasteiger charge is 2.23. The van der Waals surface area contributed by atoms with Crippen LogP contribution in [0.3, 0.4) is 0 Å². The molecule has 0 saturated heterocycles. The summed E-state index contributed by atoms with van der Waals surface area (Å²) in [6.45, 7) is 1.46. The third-order valence-corrected chi connectivity index (χ3v) is 4.97. The zero-order valence-corrected chi connectivity index (χ0v) is 20.6. The summed E-state index contributed by atoms with van der Waals surface area (Å²) in [4.78, 5) is 43.6. The Morgan fingerprint density at radius 2 is 1.49 bits per heavy atom. The van der Waals surface area contributed by atoms with Gasteiger partial charge >= 0.3 is 11.9 Å². The zero-order valence-electron chi connectivity index (χ0n) is 20.6. The molecule has 10 nitrogen and oxygen atoms in total. The molecule has 3 rings (SSSR count). The summed E-state index contributed by atoms with van der Waals surface area (Å²) in [5.74, 6) is -8.95. The minimum atomic E-state index is -1.82. The number of rotatable bonds is 8. The molecule has 0 aliphatic heterocycles. The molecule has 0 saturated carbocycles. The molecule has 206 valence electrons. The first-order valence-corrected chi connectivity index (χ1v) is 11.1. The molecule has 0 radical (unpaired) electrons. The monoisotopic (exact) mass is 547 g/mol. The second kappa shape index (κ2) is 14.1. The molecule has 2 amide bonds. The first-order chi connectivity index (χ1) is 18.4. The number of benzene rings is 3. The molecule has 0 bridgehead atoms. The first-order valence-electron chi connectivity index (χ1n) is 11.1. The molecule has 39 heavy (non-hydrogen) atoms. The Kier molecular flexibility index (Phi) is 11.0. The number of carboxylic acid groups (broad SMARTS) is 2. The number of carbonyl (C=O) groups is 4.